The van der Waals surface area contributed by atoms with Crippen molar-refractivity contribution in [2.24, 2.45) is 0 Å². The van der Waals surface area contributed by atoms with Gasteiger partial charge < -0.3 is 0 Å². The molecule has 0 N–H and O–H groups in total. The minimum Gasteiger partial charge on any atom is -0.170 e. The van der Waals surface area contributed by atoms with Crippen LogP contribution in [0.15, 0.2) is 59.7 Å². The molecule has 0 amide bonds. The van der Waals surface area contributed by atoms with Crippen LogP contribution in [-0.4, -0.2) is 0 Å². The molecular formula is C15H14. The monoisotopic (exact) mass is 194 g/mol. The lowest BCUT2D eigenvalue weighted by Gasteiger charge is -2.16. The van der Waals surface area contributed by atoms with E-state index in [-0.39, 0.29) is 0 Å². The number of rotatable bonds is 3. The Hall–Kier alpha value is -1.78. The van der Waals surface area contributed by atoms with E-state index in [9.17, 15) is 0 Å². The van der Waals surface area contributed by atoms with Crippen LogP contribution < -0.4 is 0 Å². The highest BCUT2D eigenvalue weighted by atomic mass is 14.1. The standard InChI is InChI=1S/C15H14/c1-13-7-5-6-10-15(13)12-11-14-8-3-2-4-9-14/h1-10H,11-12H2. The second kappa shape index (κ2) is 4.63. The van der Waals surface area contributed by atoms with Crippen molar-refractivity contribution in [3.8, 4) is 0 Å². The molecule has 0 heteroatoms. The van der Waals surface area contributed by atoms with Gasteiger partial charge in [0.25, 0.3) is 0 Å². The molecule has 0 heterocycles. The highest BCUT2D eigenvalue weighted by molar-refractivity contribution is 5.44. The van der Waals surface area contributed by atoms with Crippen molar-refractivity contribution < 1.29 is 0 Å². The molecule has 0 radical (unpaired) electrons. The highest BCUT2D eigenvalue weighted by Gasteiger charge is 1.98. The smallest absolute Gasteiger partial charge is 0.0292 e. The Morgan fingerprint density at radius 1 is 1.07 bits per heavy atom. The predicted molar refractivity (Wildman–Crippen MR) is 64.1 cm³/mol. The predicted octanol–water partition coefficient (Wildman–Crippen LogP) is 3.68. The lowest BCUT2D eigenvalue weighted by atomic mass is 9.95. The van der Waals surface area contributed by atoms with Crippen LogP contribution in [0.2, 0.25) is 0 Å². The molecule has 0 saturated carbocycles. The summed E-state index contributed by atoms with van der Waals surface area (Å²) < 4.78 is 0. The summed E-state index contributed by atoms with van der Waals surface area (Å²) in [5, 5.41) is 0. The summed E-state index contributed by atoms with van der Waals surface area (Å²) >= 11 is 0. The van der Waals surface area contributed by atoms with E-state index in [1.807, 2.05) is 24.6 Å². The van der Waals surface area contributed by atoms with Crippen LogP contribution in [-0.2, 0) is 6.42 Å². The molecule has 2 rings (SSSR count). The first-order chi connectivity index (χ1) is 7.36. The molecule has 15 heavy (non-hydrogen) atoms. The topological polar surface area (TPSA) is 0 Å². The molecule has 0 aliphatic heterocycles. The maximum atomic E-state index is 5.88. The molecule has 1 aromatic rings. The van der Waals surface area contributed by atoms with Crippen molar-refractivity contribution in [3.05, 3.63) is 78.3 Å². The maximum absolute atomic E-state index is 5.88. The third kappa shape index (κ3) is 2.59. The Bertz CT molecular complexity index is 393. The fourth-order valence-corrected chi connectivity index (χ4v) is 1.69. The summed E-state index contributed by atoms with van der Waals surface area (Å²) in [4.78, 5) is 0. The van der Waals surface area contributed by atoms with Crippen LogP contribution in [0.3, 0.4) is 0 Å². The SMILES string of the molecule is [CH+]=C1C=C[CH-]C=C1CCc1ccccc1. The molecule has 0 aromatic heterocycles. The van der Waals surface area contributed by atoms with E-state index in [1.165, 1.54) is 11.1 Å². The van der Waals surface area contributed by atoms with Gasteiger partial charge >= 0.3 is 0 Å². The van der Waals surface area contributed by atoms with Gasteiger partial charge in [-0.05, 0) is 17.6 Å². The molecule has 0 unspecified atom stereocenters. The zero-order valence-corrected chi connectivity index (χ0v) is 8.69. The number of hydrogen-bond donors (Lipinski definition) is 0. The van der Waals surface area contributed by atoms with E-state index in [1.54, 1.807) is 0 Å². The summed E-state index contributed by atoms with van der Waals surface area (Å²) in [5.41, 5.74) is 3.50. The average molecular weight is 194 g/mol. The van der Waals surface area contributed by atoms with E-state index in [0.29, 0.717) is 0 Å². The molecule has 74 valence electrons. The van der Waals surface area contributed by atoms with Crippen LogP contribution in [0.25, 0.3) is 0 Å². The fraction of sp³-hybridized carbons (Fsp3) is 0.133. The molecular weight excluding hydrogens is 180 g/mol. The largest absolute Gasteiger partial charge is 0.170 e. The lowest BCUT2D eigenvalue weighted by molar-refractivity contribution is 0.951. The number of hydrogen-bond acceptors (Lipinski definition) is 0. The Kier molecular flexibility index (Phi) is 3.02. The van der Waals surface area contributed by atoms with E-state index < -0.39 is 0 Å². The van der Waals surface area contributed by atoms with Gasteiger partial charge in [0.15, 0.2) is 0 Å². The van der Waals surface area contributed by atoms with E-state index in [4.69, 9.17) is 6.58 Å². The number of allylic oxidation sites excluding steroid dienone is 5. The molecule has 0 saturated heterocycles. The van der Waals surface area contributed by atoms with Gasteiger partial charge in [-0.1, -0.05) is 43.3 Å². The lowest BCUT2D eigenvalue weighted by Crippen LogP contribution is -1.94. The van der Waals surface area contributed by atoms with Gasteiger partial charge in [0, 0.05) is 0 Å². The zero-order chi connectivity index (χ0) is 10.5. The third-order valence-electron chi connectivity index (χ3n) is 2.58. The highest BCUT2D eigenvalue weighted by Crippen LogP contribution is 2.20. The van der Waals surface area contributed by atoms with Crippen LogP contribution in [0.4, 0.5) is 0 Å². The molecule has 1 aromatic carbocycles. The van der Waals surface area contributed by atoms with Gasteiger partial charge in [0.2, 0.25) is 0 Å². The summed E-state index contributed by atoms with van der Waals surface area (Å²) in [5.74, 6) is 0. The average Bonchev–Trinajstić information content (AvgIpc) is 2.29. The van der Waals surface area contributed by atoms with Crippen molar-refractivity contribution in [1.29, 1.82) is 0 Å². The van der Waals surface area contributed by atoms with Crippen LogP contribution in [0, 0.1) is 13.0 Å². The van der Waals surface area contributed by atoms with E-state index in [2.05, 4.69) is 30.3 Å². The summed E-state index contributed by atoms with van der Waals surface area (Å²) in [7, 11) is 0. The molecule has 0 fully saturated rings. The van der Waals surface area contributed by atoms with Crippen LogP contribution in [0.5, 0.6) is 0 Å². The minimum atomic E-state index is 0.897. The van der Waals surface area contributed by atoms with Gasteiger partial charge in [-0.3, -0.25) is 0 Å². The molecule has 0 spiro atoms. The molecule has 1 aliphatic rings. The molecule has 0 nitrogen and oxygen atoms in total. The van der Waals surface area contributed by atoms with Crippen molar-refractivity contribution >= 4 is 0 Å². The Labute approximate surface area is 91.6 Å². The molecule has 1 aliphatic carbocycles. The van der Waals surface area contributed by atoms with Gasteiger partial charge in [-0.25, -0.2) is 0 Å². The van der Waals surface area contributed by atoms with Crippen LogP contribution >= 0.6 is 0 Å². The first-order valence-electron chi connectivity index (χ1n) is 5.23. The normalized spacial score (nSPS) is 14.6. The first kappa shape index (κ1) is 9.76. The second-order valence-corrected chi connectivity index (χ2v) is 3.68. The van der Waals surface area contributed by atoms with E-state index in [0.717, 1.165) is 18.4 Å². The molecule has 0 bridgehead atoms. The van der Waals surface area contributed by atoms with Crippen molar-refractivity contribution in [3.63, 3.8) is 0 Å². The fourth-order valence-electron chi connectivity index (χ4n) is 1.69. The zero-order valence-electron chi connectivity index (χ0n) is 8.69. The quantitative estimate of drug-likeness (QED) is 0.644. The van der Waals surface area contributed by atoms with Gasteiger partial charge in [0.1, 0.15) is 0 Å². The minimum absolute atomic E-state index is 0.897. The number of aryl methyl sites for hydroxylation is 1. The first-order valence-corrected chi connectivity index (χ1v) is 5.23. The summed E-state index contributed by atoms with van der Waals surface area (Å²) in [6, 6.07) is 10.5. The third-order valence-corrected chi connectivity index (χ3v) is 2.58. The Morgan fingerprint density at radius 3 is 2.60 bits per heavy atom. The van der Waals surface area contributed by atoms with Gasteiger partial charge in [0.05, 0.1) is 0 Å². The van der Waals surface area contributed by atoms with Gasteiger partial charge in [-0.2, -0.15) is 18.6 Å². The Morgan fingerprint density at radius 2 is 1.87 bits per heavy atom. The molecule has 0 atom stereocenters. The van der Waals surface area contributed by atoms with Crippen molar-refractivity contribution in [2.45, 2.75) is 12.8 Å². The Balaban J connectivity index is 1.94. The number of benzene rings is 1. The van der Waals surface area contributed by atoms with Crippen LogP contribution in [0.1, 0.15) is 12.0 Å². The van der Waals surface area contributed by atoms with Crippen molar-refractivity contribution in [2.75, 3.05) is 0 Å². The van der Waals surface area contributed by atoms with Crippen molar-refractivity contribution in [1.82, 2.24) is 0 Å². The maximum Gasteiger partial charge on any atom is -0.0292 e. The van der Waals surface area contributed by atoms with E-state index >= 15 is 0 Å². The summed E-state index contributed by atoms with van der Waals surface area (Å²) in [6.07, 6.45) is 10.1. The second-order valence-electron chi connectivity index (χ2n) is 3.68. The summed E-state index contributed by atoms with van der Waals surface area (Å²) in [6.45, 7) is 5.88. The van der Waals surface area contributed by atoms with Gasteiger partial charge in [-0.15, -0.1) is 11.6 Å².